The zero-order valence-corrected chi connectivity index (χ0v) is 15.2. The highest BCUT2D eigenvalue weighted by atomic mass is 16.2. The van der Waals surface area contributed by atoms with Crippen molar-refractivity contribution in [2.75, 3.05) is 0 Å². The van der Waals surface area contributed by atoms with Gasteiger partial charge >= 0.3 is 0 Å². The Bertz CT molecular complexity index is 1190. The first-order valence-corrected chi connectivity index (χ1v) is 8.84. The van der Waals surface area contributed by atoms with Crippen molar-refractivity contribution >= 4 is 27.7 Å². The lowest BCUT2D eigenvalue weighted by atomic mass is 10.1. The largest absolute Gasteiger partial charge is 0.348 e. The van der Waals surface area contributed by atoms with Crippen LogP contribution >= 0.6 is 0 Å². The first-order chi connectivity index (χ1) is 13.1. The fourth-order valence-electron chi connectivity index (χ4n) is 3.46. The molecule has 0 aliphatic heterocycles. The molecule has 1 atom stereocenters. The van der Waals surface area contributed by atoms with Gasteiger partial charge in [-0.15, -0.1) is 0 Å². The second-order valence-electron chi connectivity index (χ2n) is 6.64. The van der Waals surface area contributed by atoms with Crippen LogP contribution in [0.15, 0.2) is 65.6 Å². The fourth-order valence-corrected chi connectivity index (χ4v) is 3.46. The summed E-state index contributed by atoms with van der Waals surface area (Å²) in [5.74, 6) is -0.145. The Morgan fingerprint density at radius 3 is 2.56 bits per heavy atom. The van der Waals surface area contributed by atoms with E-state index in [1.165, 1.54) is 4.68 Å². The van der Waals surface area contributed by atoms with E-state index in [2.05, 4.69) is 10.4 Å². The van der Waals surface area contributed by atoms with Crippen LogP contribution in [0.25, 0.3) is 21.8 Å². The lowest BCUT2D eigenvalue weighted by Crippen LogP contribution is -2.31. The number of benzene rings is 2. The van der Waals surface area contributed by atoms with Crippen LogP contribution < -0.4 is 10.9 Å². The zero-order chi connectivity index (χ0) is 19.0. The van der Waals surface area contributed by atoms with E-state index in [0.29, 0.717) is 5.52 Å². The van der Waals surface area contributed by atoms with Crippen molar-refractivity contribution in [2.45, 2.75) is 19.5 Å². The molecule has 0 radical (unpaired) electrons. The third-order valence-corrected chi connectivity index (χ3v) is 4.85. The van der Waals surface area contributed by atoms with Gasteiger partial charge in [-0.05, 0) is 18.6 Å². The number of nitrogens with zero attached hydrogens (tertiary/aromatic N) is 3. The molecular formula is C21H20N4O2. The predicted octanol–water partition coefficient (Wildman–Crippen LogP) is 2.77. The van der Waals surface area contributed by atoms with Crippen molar-refractivity contribution in [3.8, 4) is 0 Å². The number of rotatable bonds is 4. The molecule has 2 heterocycles. The number of aromatic nitrogens is 3. The van der Waals surface area contributed by atoms with E-state index in [4.69, 9.17) is 0 Å². The summed E-state index contributed by atoms with van der Waals surface area (Å²) in [5.41, 5.74) is 2.16. The Morgan fingerprint density at radius 2 is 1.78 bits per heavy atom. The Hall–Kier alpha value is -3.41. The van der Waals surface area contributed by atoms with Crippen LogP contribution in [-0.2, 0) is 18.4 Å². The second kappa shape index (κ2) is 6.72. The van der Waals surface area contributed by atoms with E-state index in [1.54, 1.807) is 17.8 Å². The van der Waals surface area contributed by atoms with Crippen molar-refractivity contribution in [3.05, 3.63) is 76.7 Å². The van der Waals surface area contributed by atoms with Crippen molar-refractivity contribution in [1.82, 2.24) is 19.7 Å². The van der Waals surface area contributed by atoms with Gasteiger partial charge in [-0.2, -0.15) is 5.10 Å². The van der Waals surface area contributed by atoms with E-state index in [-0.39, 0.29) is 24.1 Å². The highest BCUT2D eigenvalue weighted by molar-refractivity contribution is 6.07. The predicted molar refractivity (Wildman–Crippen MR) is 105 cm³/mol. The summed E-state index contributed by atoms with van der Waals surface area (Å²) in [7, 11) is 1.61. The van der Waals surface area contributed by atoms with Gasteiger partial charge in [0, 0.05) is 23.3 Å². The number of hydrogen-bond donors (Lipinski definition) is 1. The summed E-state index contributed by atoms with van der Waals surface area (Å²) in [5, 5.41) is 8.82. The van der Waals surface area contributed by atoms with Gasteiger partial charge in [-0.1, -0.05) is 48.5 Å². The molecule has 0 saturated carbocycles. The number of amides is 1. The Balaban J connectivity index is 1.73. The number of para-hydroxylation sites is 1. The number of hydrogen-bond acceptors (Lipinski definition) is 3. The molecule has 0 aliphatic rings. The standard InChI is InChI=1S/C21H20N4O2/c1-14(15-8-4-3-5-9-15)23-19(26)13-25-18-11-7-6-10-16(18)17-12-22-24(2)21(27)20(17)25/h3-12,14H,13H2,1-2H3,(H,23,26)/t14-/m1/s1. The minimum atomic E-state index is -0.215. The van der Waals surface area contributed by atoms with E-state index >= 15 is 0 Å². The first-order valence-electron chi connectivity index (χ1n) is 8.84. The highest BCUT2D eigenvalue weighted by Gasteiger charge is 2.18. The van der Waals surface area contributed by atoms with Gasteiger partial charge in [0.05, 0.1) is 12.2 Å². The van der Waals surface area contributed by atoms with Gasteiger partial charge in [0.15, 0.2) is 0 Å². The van der Waals surface area contributed by atoms with E-state index in [0.717, 1.165) is 21.9 Å². The molecule has 2 aromatic heterocycles. The van der Waals surface area contributed by atoms with Gasteiger partial charge < -0.3 is 9.88 Å². The molecule has 6 nitrogen and oxygen atoms in total. The summed E-state index contributed by atoms with van der Waals surface area (Å²) in [6.45, 7) is 2.02. The Morgan fingerprint density at radius 1 is 1.07 bits per heavy atom. The molecule has 0 saturated heterocycles. The summed E-state index contributed by atoms with van der Waals surface area (Å²) in [4.78, 5) is 25.4. The van der Waals surface area contributed by atoms with Crippen LogP contribution in [0, 0.1) is 0 Å². The molecule has 4 aromatic rings. The molecule has 0 spiro atoms. The summed E-state index contributed by atoms with van der Waals surface area (Å²) in [6, 6.07) is 17.4. The number of fused-ring (bicyclic) bond motifs is 3. The molecule has 0 fully saturated rings. The molecule has 0 bridgehead atoms. The van der Waals surface area contributed by atoms with E-state index in [1.807, 2.05) is 61.5 Å². The first kappa shape index (κ1) is 17.0. The molecule has 1 N–H and O–H groups in total. The lowest BCUT2D eigenvalue weighted by Gasteiger charge is -2.15. The maximum Gasteiger partial charge on any atom is 0.291 e. The molecular weight excluding hydrogens is 340 g/mol. The average molecular weight is 360 g/mol. The van der Waals surface area contributed by atoms with Crippen LogP contribution in [0.4, 0.5) is 0 Å². The van der Waals surface area contributed by atoms with E-state index < -0.39 is 0 Å². The normalized spacial score (nSPS) is 12.4. The van der Waals surface area contributed by atoms with Gasteiger partial charge in [-0.25, -0.2) is 4.68 Å². The number of carbonyl (C=O) groups excluding carboxylic acids is 1. The summed E-state index contributed by atoms with van der Waals surface area (Å²) >= 11 is 0. The monoisotopic (exact) mass is 360 g/mol. The average Bonchev–Trinajstić information content (AvgIpc) is 3.00. The number of carbonyl (C=O) groups is 1. The fraction of sp³-hybridized carbons (Fsp3) is 0.190. The van der Waals surface area contributed by atoms with E-state index in [9.17, 15) is 9.59 Å². The van der Waals surface area contributed by atoms with Crippen molar-refractivity contribution in [2.24, 2.45) is 7.05 Å². The van der Waals surface area contributed by atoms with Gasteiger partial charge in [0.2, 0.25) is 5.91 Å². The third-order valence-electron chi connectivity index (χ3n) is 4.85. The maximum atomic E-state index is 12.7. The molecule has 2 aromatic carbocycles. The van der Waals surface area contributed by atoms with Gasteiger partial charge in [0.25, 0.3) is 5.56 Å². The van der Waals surface area contributed by atoms with Crippen molar-refractivity contribution < 1.29 is 4.79 Å². The van der Waals surface area contributed by atoms with Gasteiger partial charge in [0.1, 0.15) is 12.1 Å². The van der Waals surface area contributed by atoms with Crippen molar-refractivity contribution in [1.29, 1.82) is 0 Å². The summed E-state index contributed by atoms with van der Waals surface area (Å²) in [6.07, 6.45) is 1.68. The number of aryl methyl sites for hydroxylation is 1. The molecule has 4 rings (SSSR count). The minimum absolute atomic E-state index is 0.0699. The van der Waals surface area contributed by atoms with Crippen LogP contribution in [0.1, 0.15) is 18.5 Å². The van der Waals surface area contributed by atoms with Crippen LogP contribution in [-0.4, -0.2) is 20.3 Å². The lowest BCUT2D eigenvalue weighted by molar-refractivity contribution is -0.122. The zero-order valence-electron chi connectivity index (χ0n) is 15.2. The molecule has 0 unspecified atom stereocenters. The second-order valence-corrected chi connectivity index (χ2v) is 6.64. The quantitative estimate of drug-likeness (QED) is 0.608. The summed E-state index contributed by atoms with van der Waals surface area (Å²) < 4.78 is 3.07. The third kappa shape index (κ3) is 2.99. The highest BCUT2D eigenvalue weighted by Crippen LogP contribution is 2.26. The molecule has 27 heavy (non-hydrogen) atoms. The number of nitrogens with one attached hydrogen (secondary N) is 1. The Kier molecular flexibility index (Phi) is 4.24. The maximum absolute atomic E-state index is 12.7. The smallest absolute Gasteiger partial charge is 0.291 e. The topological polar surface area (TPSA) is 68.9 Å². The van der Waals surface area contributed by atoms with Crippen LogP contribution in [0.5, 0.6) is 0 Å². The molecule has 136 valence electrons. The SMILES string of the molecule is C[C@@H](NC(=O)Cn1c2ccccc2c2cnn(C)c(=O)c21)c1ccccc1. The van der Waals surface area contributed by atoms with Crippen LogP contribution in [0.2, 0.25) is 0 Å². The molecule has 1 amide bonds. The molecule has 6 heteroatoms. The van der Waals surface area contributed by atoms with Gasteiger partial charge in [-0.3, -0.25) is 9.59 Å². The van der Waals surface area contributed by atoms with Crippen LogP contribution in [0.3, 0.4) is 0 Å². The Labute approximate surface area is 156 Å². The molecule has 0 aliphatic carbocycles. The van der Waals surface area contributed by atoms with Crippen molar-refractivity contribution in [3.63, 3.8) is 0 Å². The minimum Gasteiger partial charge on any atom is -0.348 e.